The van der Waals surface area contributed by atoms with Gasteiger partial charge in [-0.3, -0.25) is 4.79 Å². The molecule has 1 aromatic heterocycles. The van der Waals surface area contributed by atoms with Crippen LogP contribution in [-0.4, -0.2) is 30.0 Å². The molecule has 0 fully saturated rings. The van der Waals surface area contributed by atoms with E-state index in [0.717, 1.165) is 21.5 Å². The van der Waals surface area contributed by atoms with E-state index in [1.807, 2.05) is 60.7 Å². The highest BCUT2D eigenvalue weighted by Gasteiger charge is 2.04. The van der Waals surface area contributed by atoms with Gasteiger partial charge in [0.1, 0.15) is 5.75 Å². The fourth-order valence-corrected chi connectivity index (χ4v) is 2.92. The zero-order valence-electron chi connectivity index (χ0n) is 13.7. The minimum absolute atomic E-state index is 0.189. The Morgan fingerprint density at radius 3 is 2.84 bits per heavy atom. The summed E-state index contributed by atoms with van der Waals surface area (Å²) in [5.74, 6) is 0.760. The number of thioether (sulfide) groups is 1. The Morgan fingerprint density at radius 1 is 1.16 bits per heavy atom. The minimum Gasteiger partial charge on any atom is -0.496 e. The topological polar surface area (TPSA) is 63.6 Å². The molecular weight excluding hydrogens is 334 g/mol. The van der Waals surface area contributed by atoms with E-state index in [1.54, 1.807) is 13.3 Å². The van der Waals surface area contributed by atoms with E-state index >= 15 is 0 Å². The number of pyridine rings is 1. The van der Waals surface area contributed by atoms with Gasteiger partial charge in [0.25, 0.3) is 0 Å². The Morgan fingerprint density at radius 2 is 1.96 bits per heavy atom. The van der Waals surface area contributed by atoms with Crippen LogP contribution in [0.3, 0.4) is 0 Å². The number of methoxy groups -OCH3 is 1. The predicted octanol–water partition coefficient (Wildman–Crippen LogP) is 3.49. The number of aromatic nitrogens is 1. The van der Waals surface area contributed by atoms with Crippen molar-refractivity contribution in [2.45, 2.75) is 5.03 Å². The molecule has 0 spiro atoms. The molecule has 0 aliphatic heterocycles. The smallest absolute Gasteiger partial charge is 0.250 e. The number of carbonyl (C=O) groups excluding carboxylic acids is 1. The van der Waals surface area contributed by atoms with Crippen molar-refractivity contribution in [1.82, 2.24) is 10.4 Å². The van der Waals surface area contributed by atoms with E-state index in [9.17, 15) is 4.79 Å². The fraction of sp³-hybridized carbons (Fsp3) is 0.105. The van der Waals surface area contributed by atoms with Gasteiger partial charge < -0.3 is 4.74 Å². The zero-order valence-corrected chi connectivity index (χ0v) is 14.5. The first-order valence-electron chi connectivity index (χ1n) is 7.70. The highest BCUT2D eigenvalue weighted by atomic mass is 32.2. The summed E-state index contributed by atoms with van der Waals surface area (Å²) in [6, 6.07) is 19.3. The van der Waals surface area contributed by atoms with Crippen molar-refractivity contribution < 1.29 is 9.53 Å². The van der Waals surface area contributed by atoms with Gasteiger partial charge in [-0.05, 0) is 24.3 Å². The fourth-order valence-electron chi connectivity index (χ4n) is 2.25. The van der Waals surface area contributed by atoms with Crippen LogP contribution in [0.4, 0.5) is 0 Å². The molecular formula is C19H17N3O2S. The van der Waals surface area contributed by atoms with E-state index < -0.39 is 0 Å². The van der Waals surface area contributed by atoms with Crippen molar-refractivity contribution in [1.29, 1.82) is 0 Å². The van der Waals surface area contributed by atoms with Gasteiger partial charge in [0, 0.05) is 10.9 Å². The molecule has 1 N–H and O–H groups in total. The second-order valence-corrected chi connectivity index (χ2v) is 6.16. The molecule has 0 atom stereocenters. The Labute approximate surface area is 150 Å². The number of hydrogen-bond acceptors (Lipinski definition) is 5. The summed E-state index contributed by atoms with van der Waals surface area (Å²) >= 11 is 1.38. The molecule has 0 radical (unpaired) electrons. The Balaban J connectivity index is 1.54. The summed E-state index contributed by atoms with van der Waals surface area (Å²) in [6.07, 6.45) is 1.57. The lowest BCUT2D eigenvalue weighted by molar-refractivity contribution is -0.118. The first-order valence-corrected chi connectivity index (χ1v) is 8.68. The maximum absolute atomic E-state index is 11.9. The van der Waals surface area contributed by atoms with Crippen molar-refractivity contribution >= 4 is 34.8 Å². The van der Waals surface area contributed by atoms with E-state index in [4.69, 9.17) is 4.74 Å². The highest BCUT2D eigenvalue weighted by Crippen LogP contribution is 2.19. The molecule has 0 aliphatic carbocycles. The SMILES string of the molecule is COc1ccccc1/C=N\NC(=O)CSc1ccc2ccccc2n1. The average molecular weight is 351 g/mol. The van der Waals surface area contributed by atoms with Gasteiger partial charge in [-0.2, -0.15) is 5.10 Å². The van der Waals surface area contributed by atoms with Gasteiger partial charge in [-0.25, -0.2) is 10.4 Å². The van der Waals surface area contributed by atoms with Crippen LogP contribution in [0.25, 0.3) is 10.9 Å². The van der Waals surface area contributed by atoms with Gasteiger partial charge in [0.15, 0.2) is 0 Å². The van der Waals surface area contributed by atoms with Gasteiger partial charge in [0.05, 0.1) is 29.6 Å². The summed E-state index contributed by atoms with van der Waals surface area (Å²) in [5, 5.41) is 5.86. The number of benzene rings is 2. The van der Waals surface area contributed by atoms with Crippen LogP contribution in [0.2, 0.25) is 0 Å². The molecule has 2 aromatic carbocycles. The summed E-state index contributed by atoms with van der Waals surface area (Å²) in [7, 11) is 1.60. The second-order valence-electron chi connectivity index (χ2n) is 5.17. The normalized spacial score (nSPS) is 10.9. The lowest BCUT2D eigenvalue weighted by Crippen LogP contribution is -2.19. The third-order valence-electron chi connectivity index (χ3n) is 3.46. The monoisotopic (exact) mass is 351 g/mol. The Hall–Kier alpha value is -2.86. The Kier molecular flexibility index (Phi) is 5.64. The molecule has 3 rings (SSSR count). The van der Waals surface area contributed by atoms with Crippen LogP contribution in [-0.2, 0) is 4.79 Å². The van der Waals surface area contributed by atoms with E-state index in [-0.39, 0.29) is 11.7 Å². The summed E-state index contributed by atoms with van der Waals surface area (Å²) < 4.78 is 5.23. The number of fused-ring (bicyclic) bond motifs is 1. The number of nitrogens with one attached hydrogen (secondary N) is 1. The number of carbonyl (C=O) groups is 1. The number of ether oxygens (including phenoxy) is 1. The minimum atomic E-state index is -0.189. The molecule has 0 saturated carbocycles. The standard InChI is InChI=1S/C19H17N3O2S/c1-24-17-9-5-3-7-15(17)12-20-22-18(23)13-25-19-11-10-14-6-2-4-8-16(14)21-19/h2-12H,13H2,1H3,(H,22,23)/b20-12-. The summed E-state index contributed by atoms with van der Waals surface area (Å²) in [6.45, 7) is 0. The number of amides is 1. The highest BCUT2D eigenvalue weighted by molar-refractivity contribution is 7.99. The maximum Gasteiger partial charge on any atom is 0.250 e. The summed E-state index contributed by atoms with van der Waals surface area (Å²) in [4.78, 5) is 16.4. The molecule has 126 valence electrons. The van der Waals surface area contributed by atoms with Gasteiger partial charge in [-0.15, -0.1) is 0 Å². The maximum atomic E-state index is 11.9. The third kappa shape index (κ3) is 4.58. The largest absolute Gasteiger partial charge is 0.496 e. The van der Waals surface area contributed by atoms with E-state index in [1.165, 1.54) is 11.8 Å². The molecule has 1 heterocycles. The van der Waals surface area contributed by atoms with Crippen molar-refractivity contribution in [3.8, 4) is 5.75 Å². The summed E-state index contributed by atoms with van der Waals surface area (Å²) in [5.41, 5.74) is 4.23. The van der Waals surface area contributed by atoms with Crippen molar-refractivity contribution in [3.63, 3.8) is 0 Å². The predicted molar refractivity (Wildman–Crippen MR) is 101 cm³/mol. The lowest BCUT2D eigenvalue weighted by atomic mass is 10.2. The lowest BCUT2D eigenvalue weighted by Gasteiger charge is -2.04. The molecule has 25 heavy (non-hydrogen) atoms. The van der Waals surface area contributed by atoms with Crippen LogP contribution in [0, 0.1) is 0 Å². The van der Waals surface area contributed by atoms with Crippen LogP contribution < -0.4 is 10.2 Å². The molecule has 0 bridgehead atoms. The van der Waals surface area contributed by atoms with Crippen LogP contribution in [0.15, 0.2) is 70.8 Å². The van der Waals surface area contributed by atoms with Crippen LogP contribution >= 0.6 is 11.8 Å². The second kappa shape index (κ2) is 8.30. The first-order chi connectivity index (χ1) is 12.3. The van der Waals surface area contributed by atoms with Crippen molar-refractivity contribution in [3.05, 3.63) is 66.2 Å². The molecule has 0 aliphatic rings. The molecule has 6 heteroatoms. The first kappa shape index (κ1) is 17.0. The zero-order chi connectivity index (χ0) is 17.5. The Bertz CT molecular complexity index is 912. The number of rotatable bonds is 6. The molecule has 5 nitrogen and oxygen atoms in total. The third-order valence-corrected chi connectivity index (χ3v) is 4.39. The van der Waals surface area contributed by atoms with E-state index in [2.05, 4.69) is 15.5 Å². The van der Waals surface area contributed by atoms with E-state index in [0.29, 0.717) is 5.75 Å². The number of hydrazone groups is 1. The molecule has 0 saturated heterocycles. The molecule has 0 unspecified atom stereocenters. The van der Waals surface area contributed by atoms with Gasteiger partial charge in [-0.1, -0.05) is 48.2 Å². The number of hydrogen-bond donors (Lipinski definition) is 1. The molecule has 3 aromatic rings. The number of nitrogens with zero attached hydrogens (tertiary/aromatic N) is 2. The van der Waals surface area contributed by atoms with Crippen molar-refractivity contribution in [2.75, 3.05) is 12.9 Å². The van der Waals surface area contributed by atoms with Gasteiger partial charge in [0.2, 0.25) is 5.91 Å². The number of para-hydroxylation sites is 2. The molecule has 1 amide bonds. The van der Waals surface area contributed by atoms with Crippen LogP contribution in [0.1, 0.15) is 5.56 Å². The van der Waals surface area contributed by atoms with Crippen molar-refractivity contribution in [2.24, 2.45) is 5.10 Å². The average Bonchev–Trinajstić information content (AvgIpc) is 2.66. The van der Waals surface area contributed by atoms with Gasteiger partial charge >= 0.3 is 0 Å². The quantitative estimate of drug-likeness (QED) is 0.419. The van der Waals surface area contributed by atoms with Crippen LogP contribution in [0.5, 0.6) is 5.75 Å².